The van der Waals surface area contributed by atoms with Crippen LogP contribution >= 0.6 is 0 Å². The molecule has 1 saturated heterocycles. The number of benzene rings is 1. The van der Waals surface area contributed by atoms with Gasteiger partial charge in [0.05, 0.1) is 11.7 Å². The minimum Gasteiger partial charge on any atom is -0.480 e. The summed E-state index contributed by atoms with van der Waals surface area (Å²) >= 11 is 0. The van der Waals surface area contributed by atoms with Gasteiger partial charge in [0.15, 0.2) is 11.6 Å². The van der Waals surface area contributed by atoms with Crippen LogP contribution in [-0.4, -0.2) is 45.7 Å². The van der Waals surface area contributed by atoms with Crippen molar-refractivity contribution in [3.05, 3.63) is 35.4 Å². The summed E-state index contributed by atoms with van der Waals surface area (Å²) in [5, 5.41) is 18.4. The van der Waals surface area contributed by atoms with Gasteiger partial charge in [-0.15, -0.1) is 0 Å². The van der Waals surface area contributed by atoms with Crippen LogP contribution in [0.3, 0.4) is 0 Å². The fraction of sp³-hybridized carbons (Fsp3) is 0.333. The molecule has 2 rings (SSSR count). The maximum absolute atomic E-state index is 13.5. The Morgan fingerprint density at radius 1 is 1.32 bits per heavy atom. The normalized spacial score (nSPS) is 22.6. The van der Waals surface area contributed by atoms with Gasteiger partial charge in [-0.25, -0.2) is 13.6 Å². The van der Waals surface area contributed by atoms with Crippen LogP contribution in [0.2, 0.25) is 0 Å². The van der Waals surface area contributed by atoms with Crippen molar-refractivity contribution in [2.24, 2.45) is 0 Å². The Bertz CT molecular complexity index is 534. The zero-order valence-corrected chi connectivity index (χ0v) is 9.72. The minimum atomic E-state index is -1.32. The molecule has 2 N–H and O–H groups in total. The lowest BCUT2D eigenvalue weighted by Crippen LogP contribution is -2.41. The molecule has 1 fully saturated rings. The second kappa shape index (κ2) is 4.93. The van der Waals surface area contributed by atoms with Crippen molar-refractivity contribution in [3.8, 4) is 0 Å². The van der Waals surface area contributed by atoms with Crippen molar-refractivity contribution < 1.29 is 28.6 Å². The minimum absolute atomic E-state index is 0.127. The van der Waals surface area contributed by atoms with E-state index in [0.717, 1.165) is 23.1 Å². The van der Waals surface area contributed by atoms with Gasteiger partial charge in [0, 0.05) is 13.0 Å². The van der Waals surface area contributed by atoms with E-state index in [1.54, 1.807) is 0 Å². The van der Waals surface area contributed by atoms with Crippen LogP contribution in [-0.2, 0) is 4.79 Å². The summed E-state index contributed by atoms with van der Waals surface area (Å²) in [5.41, 5.74) is -0.541. The van der Waals surface area contributed by atoms with Gasteiger partial charge in [0.1, 0.15) is 6.04 Å². The Labute approximate surface area is 107 Å². The van der Waals surface area contributed by atoms with Gasteiger partial charge in [0.2, 0.25) is 0 Å². The van der Waals surface area contributed by atoms with E-state index in [4.69, 9.17) is 5.11 Å². The van der Waals surface area contributed by atoms with Crippen LogP contribution < -0.4 is 0 Å². The molecule has 0 radical (unpaired) electrons. The highest BCUT2D eigenvalue weighted by Crippen LogP contribution is 2.22. The molecule has 19 heavy (non-hydrogen) atoms. The van der Waals surface area contributed by atoms with Gasteiger partial charge in [0.25, 0.3) is 5.91 Å². The number of carbonyl (C=O) groups excluding carboxylic acids is 1. The number of hydrogen-bond donors (Lipinski definition) is 2. The van der Waals surface area contributed by atoms with Crippen LogP contribution in [0, 0.1) is 11.6 Å². The number of carboxylic acid groups (broad SMARTS) is 1. The molecule has 0 aromatic heterocycles. The lowest BCUT2D eigenvalue weighted by atomic mass is 10.1. The van der Waals surface area contributed by atoms with Crippen molar-refractivity contribution in [2.75, 3.05) is 6.54 Å². The highest BCUT2D eigenvalue weighted by Gasteiger charge is 2.40. The molecule has 1 heterocycles. The number of hydrogen-bond acceptors (Lipinski definition) is 3. The molecule has 2 atom stereocenters. The Morgan fingerprint density at radius 3 is 2.63 bits per heavy atom. The number of carbonyl (C=O) groups is 2. The fourth-order valence-corrected chi connectivity index (χ4v) is 2.10. The van der Waals surface area contributed by atoms with Gasteiger partial charge in [-0.2, -0.15) is 0 Å². The van der Waals surface area contributed by atoms with Crippen molar-refractivity contribution >= 4 is 11.9 Å². The van der Waals surface area contributed by atoms with Crippen molar-refractivity contribution in [1.29, 1.82) is 0 Å². The number of aliphatic hydroxyl groups excluding tert-OH is 1. The predicted molar refractivity (Wildman–Crippen MR) is 59.4 cm³/mol. The summed E-state index contributed by atoms with van der Waals surface area (Å²) in [5.74, 6) is -4.74. The molecule has 1 aromatic rings. The van der Waals surface area contributed by atoms with E-state index < -0.39 is 41.2 Å². The summed E-state index contributed by atoms with van der Waals surface area (Å²) in [6.45, 7) is -0.217. The van der Waals surface area contributed by atoms with Crippen LogP contribution in [0.1, 0.15) is 16.8 Å². The number of rotatable bonds is 2. The number of amides is 1. The van der Waals surface area contributed by atoms with Gasteiger partial charge >= 0.3 is 5.97 Å². The second-order valence-electron chi connectivity index (χ2n) is 4.30. The monoisotopic (exact) mass is 271 g/mol. The third-order valence-corrected chi connectivity index (χ3v) is 3.01. The average molecular weight is 271 g/mol. The average Bonchev–Trinajstić information content (AvgIpc) is 2.74. The van der Waals surface area contributed by atoms with E-state index in [0.29, 0.717) is 0 Å². The Kier molecular flexibility index (Phi) is 3.48. The maximum atomic E-state index is 13.5. The summed E-state index contributed by atoms with van der Waals surface area (Å²) in [6.07, 6.45) is -1.11. The van der Waals surface area contributed by atoms with Crippen molar-refractivity contribution in [1.82, 2.24) is 4.90 Å². The predicted octanol–water partition coefficient (Wildman–Crippen LogP) is 0.625. The van der Waals surface area contributed by atoms with E-state index in [1.807, 2.05) is 0 Å². The maximum Gasteiger partial charge on any atom is 0.326 e. The van der Waals surface area contributed by atoms with Gasteiger partial charge in [-0.1, -0.05) is 6.07 Å². The topological polar surface area (TPSA) is 77.8 Å². The third-order valence-electron chi connectivity index (χ3n) is 3.01. The number of aliphatic carboxylic acids is 1. The first-order valence-electron chi connectivity index (χ1n) is 5.57. The molecule has 102 valence electrons. The van der Waals surface area contributed by atoms with Crippen molar-refractivity contribution in [2.45, 2.75) is 18.6 Å². The SMILES string of the molecule is O=C(O)C1CC(O)CN1C(=O)c1cccc(F)c1F. The number of carboxylic acids is 1. The Hall–Kier alpha value is -2.02. The lowest BCUT2D eigenvalue weighted by Gasteiger charge is -2.21. The summed E-state index contributed by atoms with van der Waals surface area (Å²) in [4.78, 5) is 23.8. The van der Waals surface area contributed by atoms with Gasteiger partial charge in [-0.05, 0) is 12.1 Å². The van der Waals surface area contributed by atoms with E-state index in [-0.39, 0.29) is 13.0 Å². The molecule has 1 amide bonds. The first-order valence-corrected chi connectivity index (χ1v) is 5.57. The first kappa shape index (κ1) is 13.4. The molecule has 1 aromatic carbocycles. The Morgan fingerprint density at radius 2 is 2.00 bits per heavy atom. The molecule has 0 saturated carbocycles. The molecule has 0 bridgehead atoms. The smallest absolute Gasteiger partial charge is 0.326 e. The highest BCUT2D eigenvalue weighted by atomic mass is 19.2. The largest absolute Gasteiger partial charge is 0.480 e. The molecule has 0 spiro atoms. The van der Waals surface area contributed by atoms with Crippen LogP contribution in [0.25, 0.3) is 0 Å². The fourth-order valence-electron chi connectivity index (χ4n) is 2.10. The van der Waals surface area contributed by atoms with E-state index >= 15 is 0 Å². The number of aliphatic hydroxyl groups is 1. The first-order chi connectivity index (χ1) is 8.91. The van der Waals surface area contributed by atoms with E-state index in [9.17, 15) is 23.5 Å². The van der Waals surface area contributed by atoms with Gasteiger partial charge < -0.3 is 15.1 Å². The number of likely N-dealkylation sites (tertiary alicyclic amines) is 1. The molecular weight excluding hydrogens is 260 g/mol. The molecule has 1 aliphatic heterocycles. The van der Waals surface area contributed by atoms with Crippen LogP contribution in [0.4, 0.5) is 8.78 Å². The molecule has 2 unspecified atom stereocenters. The molecule has 5 nitrogen and oxygen atoms in total. The highest BCUT2D eigenvalue weighted by molar-refractivity contribution is 5.97. The summed E-state index contributed by atoms with van der Waals surface area (Å²) in [7, 11) is 0. The zero-order chi connectivity index (χ0) is 14.2. The molecule has 0 aliphatic carbocycles. The van der Waals surface area contributed by atoms with Crippen LogP contribution in [0.15, 0.2) is 18.2 Å². The number of halogens is 2. The third kappa shape index (κ3) is 2.41. The van der Waals surface area contributed by atoms with Crippen LogP contribution in [0.5, 0.6) is 0 Å². The number of β-amino-alcohol motifs (C(OH)–C–C–N with tert-alkyl or cyclic N) is 1. The van der Waals surface area contributed by atoms with Crippen molar-refractivity contribution in [3.63, 3.8) is 0 Å². The molecular formula is C12H11F2NO4. The number of nitrogens with zero attached hydrogens (tertiary/aromatic N) is 1. The zero-order valence-electron chi connectivity index (χ0n) is 9.72. The Balaban J connectivity index is 2.33. The second-order valence-corrected chi connectivity index (χ2v) is 4.30. The molecule has 1 aliphatic rings. The standard InChI is InChI=1S/C12H11F2NO4/c13-8-3-1-2-7(10(8)14)11(17)15-5-6(16)4-9(15)12(18)19/h1-3,6,9,16H,4-5H2,(H,18,19). The molecule has 7 heteroatoms. The van der Waals surface area contributed by atoms with E-state index in [1.165, 1.54) is 0 Å². The van der Waals surface area contributed by atoms with Gasteiger partial charge in [-0.3, -0.25) is 4.79 Å². The summed E-state index contributed by atoms with van der Waals surface area (Å²) < 4.78 is 26.5. The quantitative estimate of drug-likeness (QED) is 0.826. The van der Waals surface area contributed by atoms with E-state index in [2.05, 4.69) is 0 Å². The summed E-state index contributed by atoms with van der Waals surface area (Å²) in [6, 6.07) is 1.86. The lowest BCUT2D eigenvalue weighted by molar-refractivity contribution is -0.141.